The quantitative estimate of drug-likeness (QED) is 0.587. The van der Waals surface area contributed by atoms with Crippen molar-refractivity contribution in [2.75, 3.05) is 26.2 Å². The Kier molecular flexibility index (Phi) is 8.23. The number of guanidine groups is 1. The van der Waals surface area contributed by atoms with Gasteiger partial charge < -0.3 is 15.5 Å². The molecule has 0 aliphatic carbocycles. The topological polar surface area (TPSA) is 75.5 Å². The van der Waals surface area contributed by atoms with Crippen LogP contribution in [-0.4, -0.2) is 49.2 Å². The summed E-state index contributed by atoms with van der Waals surface area (Å²) in [7, 11) is 0. The van der Waals surface area contributed by atoms with Gasteiger partial charge in [-0.3, -0.25) is 10.3 Å². The second-order valence-electron chi connectivity index (χ2n) is 7.53. The normalized spacial score (nSPS) is 26.0. The van der Waals surface area contributed by atoms with E-state index in [-0.39, 0.29) is 6.17 Å². The lowest BCUT2D eigenvalue weighted by Crippen LogP contribution is -2.54. The first-order valence-electron chi connectivity index (χ1n) is 9.75. The summed E-state index contributed by atoms with van der Waals surface area (Å²) in [5.41, 5.74) is 0.671. The molecule has 0 radical (unpaired) electrons. The van der Waals surface area contributed by atoms with Crippen LogP contribution in [0.1, 0.15) is 52.9 Å². The SMILES string of the molecule is CC(C)CCNC1NC(=NCCCN2CCCCC2C)NC=C1C#N. The van der Waals surface area contributed by atoms with Crippen LogP contribution in [0, 0.1) is 17.2 Å². The summed E-state index contributed by atoms with van der Waals surface area (Å²) in [6.07, 6.45) is 7.78. The minimum atomic E-state index is -0.147. The van der Waals surface area contributed by atoms with E-state index in [2.05, 4.69) is 52.7 Å². The Bertz CT molecular complexity index is 505. The van der Waals surface area contributed by atoms with Gasteiger partial charge in [-0.25, -0.2) is 0 Å². The molecule has 2 heterocycles. The van der Waals surface area contributed by atoms with Crippen molar-refractivity contribution in [1.82, 2.24) is 20.9 Å². The summed E-state index contributed by atoms with van der Waals surface area (Å²) in [6.45, 7) is 10.8. The zero-order chi connectivity index (χ0) is 18.1. The lowest BCUT2D eigenvalue weighted by atomic mass is 10.0. The van der Waals surface area contributed by atoms with Crippen molar-refractivity contribution in [3.05, 3.63) is 11.8 Å². The molecule has 140 valence electrons. The number of likely N-dealkylation sites (tertiary alicyclic amines) is 1. The van der Waals surface area contributed by atoms with Gasteiger partial charge in [0.1, 0.15) is 6.17 Å². The predicted molar refractivity (Wildman–Crippen MR) is 103 cm³/mol. The largest absolute Gasteiger partial charge is 0.336 e. The van der Waals surface area contributed by atoms with Gasteiger partial charge in [-0.2, -0.15) is 5.26 Å². The van der Waals surface area contributed by atoms with Gasteiger partial charge in [0.25, 0.3) is 0 Å². The van der Waals surface area contributed by atoms with E-state index in [0.717, 1.165) is 38.4 Å². The third kappa shape index (κ3) is 6.68. The molecule has 6 heteroatoms. The van der Waals surface area contributed by atoms with Crippen LogP contribution in [-0.2, 0) is 0 Å². The van der Waals surface area contributed by atoms with E-state index in [1.165, 1.54) is 25.8 Å². The molecule has 3 N–H and O–H groups in total. The fraction of sp³-hybridized carbons (Fsp3) is 0.789. The van der Waals surface area contributed by atoms with Crippen LogP contribution in [0.15, 0.2) is 16.8 Å². The zero-order valence-electron chi connectivity index (χ0n) is 16.0. The lowest BCUT2D eigenvalue weighted by Gasteiger charge is -2.33. The molecule has 0 aromatic rings. The van der Waals surface area contributed by atoms with Crippen LogP contribution >= 0.6 is 0 Å². The van der Waals surface area contributed by atoms with Gasteiger partial charge in [0.05, 0.1) is 11.6 Å². The summed E-state index contributed by atoms with van der Waals surface area (Å²) in [6, 6.07) is 2.95. The Labute approximate surface area is 152 Å². The molecule has 0 bridgehead atoms. The summed E-state index contributed by atoms with van der Waals surface area (Å²) >= 11 is 0. The van der Waals surface area contributed by atoms with E-state index in [0.29, 0.717) is 17.5 Å². The smallest absolute Gasteiger partial charge is 0.196 e. The molecule has 1 saturated heterocycles. The second-order valence-corrected chi connectivity index (χ2v) is 7.53. The van der Waals surface area contributed by atoms with Crippen molar-refractivity contribution in [2.24, 2.45) is 10.9 Å². The molecule has 2 aliphatic rings. The standard InChI is InChI=1S/C19H34N6/c1-15(2)8-10-21-18-17(13-20)14-23-19(24-18)22-9-6-12-25-11-5-4-7-16(25)3/h14-16,18,21H,4-12H2,1-3H3,(H2,22,23,24). The lowest BCUT2D eigenvalue weighted by molar-refractivity contribution is 0.160. The molecular weight excluding hydrogens is 312 g/mol. The van der Waals surface area contributed by atoms with Gasteiger partial charge in [-0.15, -0.1) is 0 Å². The molecule has 2 rings (SSSR count). The number of nitrogens with zero attached hydrogens (tertiary/aromatic N) is 3. The van der Waals surface area contributed by atoms with Crippen molar-refractivity contribution in [1.29, 1.82) is 5.26 Å². The third-order valence-corrected chi connectivity index (χ3v) is 4.97. The molecule has 0 saturated carbocycles. The highest BCUT2D eigenvalue weighted by Gasteiger charge is 2.20. The number of nitrogens with one attached hydrogen (secondary N) is 3. The van der Waals surface area contributed by atoms with Crippen molar-refractivity contribution in [2.45, 2.75) is 65.1 Å². The number of rotatable bonds is 8. The first-order valence-corrected chi connectivity index (χ1v) is 9.75. The van der Waals surface area contributed by atoms with E-state index < -0.39 is 0 Å². The Hall–Kier alpha value is -1.58. The van der Waals surface area contributed by atoms with Crippen LogP contribution in [0.3, 0.4) is 0 Å². The molecular formula is C19H34N6. The zero-order valence-corrected chi connectivity index (χ0v) is 16.0. The van der Waals surface area contributed by atoms with Crippen molar-refractivity contribution < 1.29 is 0 Å². The summed E-state index contributed by atoms with van der Waals surface area (Å²) in [5.74, 6) is 1.40. The van der Waals surface area contributed by atoms with Crippen LogP contribution < -0.4 is 16.0 Å². The van der Waals surface area contributed by atoms with E-state index in [4.69, 9.17) is 0 Å². The average molecular weight is 347 g/mol. The van der Waals surface area contributed by atoms with Gasteiger partial charge in [0.2, 0.25) is 0 Å². The first kappa shape index (κ1) is 19.7. The fourth-order valence-corrected chi connectivity index (χ4v) is 3.31. The van der Waals surface area contributed by atoms with Crippen LogP contribution in [0.25, 0.3) is 0 Å². The number of hydrogen-bond acceptors (Lipinski definition) is 4. The van der Waals surface area contributed by atoms with Crippen molar-refractivity contribution >= 4 is 5.96 Å². The number of hydrogen-bond donors (Lipinski definition) is 3. The summed E-state index contributed by atoms with van der Waals surface area (Å²) < 4.78 is 0. The average Bonchev–Trinajstić information content (AvgIpc) is 2.60. The molecule has 6 nitrogen and oxygen atoms in total. The van der Waals surface area contributed by atoms with E-state index in [9.17, 15) is 5.26 Å². The molecule has 2 atom stereocenters. The number of piperidine rings is 1. The Balaban J connectivity index is 1.76. The molecule has 2 unspecified atom stereocenters. The van der Waals surface area contributed by atoms with Crippen LogP contribution in [0.2, 0.25) is 0 Å². The minimum Gasteiger partial charge on any atom is -0.336 e. The van der Waals surface area contributed by atoms with E-state index >= 15 is 0 Å². The maximum absolute atomic E-state index is 9.26. The highest BCUT2D eigenvalue weighted by atomic mass is 15.3. The molecule has 1 fully saturated rings. The Morgan fingerprint density at radius 3 is 3.00 bits per heavy atom. The van der Waals surface area contributed by atoms with Gasteiger partial charge in [0.15, 0.2) is 5.96 Å². The summed E-state index contributed by atoms with van der Waals surface area (Å²) in [4.78, 5) is 7.21. The highest BCUT2D eigenvalue weighted by molar-refractivity contribution is 5.83. The highest BCUT2D eigenvalue weighted by Crippen LogP contribution is 2.16. The molecule has 0 spiro atoms. The Morgan fingerprint density at radius 1 is 1.44 bits per heavy atom. The second kappa shape index (κ2) is 10.4. The molecule has 0 amide bonds. The molecule has 0 aromatic carbocycles. The molecule has 0 aromatic heterocycles. The van der Waals surface area contributed by atoms with E-state index in [1.807, 2.05) is 0 Å². The monoisotopic (exact) mass is 346 g/mol. The third-order valence-electron chi connectivity index (χ3n) is 4.97. The maximum atomic E-state index is 9.26. The van der Waals surface area contributed by atoms with E-state index in [1.54, 1.807) is 6.20 Å². The van der Waals surface area contributed by atoms with Crippen LogP contribution in [0.4, 0.5) is 0 Å². The molecule has 25 heavy (non-hydrogen) atoms. The predicted octanol–water partition coefficient (Wildman–Crippen LogP) is 2.17. The summed E-state index contributed by atoms with van der Waals surface area (Å²) in [5, 5.41) is 19.1. The number of nitriles is 1. The fourth-order valence-electron chi connectivity index (χ4n) is 3.31. The molecule has 2 aliphatic heterocycles. The number of aliphatic imine (C=N–C) groups is 1. The van der Waals surface area contributed by atoms with Crippen molar-refractivity contribution in [3.63, 3.8) is 0 Å². The van der Waals surface area contributed by atoms with Crippen molar-refractivity contribution in [3.8, 4) is 6.07 Å². The van der Waals surface area contributed by atoms with Crippen LogP contribution in [0.5, 0.6) is 0 Å². The van der Waals surface area contributed by atoms with Gasteiger partial charge in [-0.05, 0) is 51.6 Å². The Morgan fingerprint density at radius 2 is 2.28 bits per heavy atom. The van der Waals surface area contributed by atoms with Gasteiger partial charge in [-0.1, -0.05) is 20.3 Å². The maximum Gasteiger partial charge on any atom is 0.196 e. The van der Waals surface area contributed by atoms with Gasteiger partial charge >= 0.3 is 0 Å². The first-order chi connectivity index (χ1) is 12.1. The minimum absolute atomic E-state index is 0.147. The van der Waals surface area contributed by atoms with Gasteiger partial charge in [0, 0.05) is 25.3 Å².